The Labute approximate surface area is 206 Å². The molecule has 0 aliphatic heterocycles. The van der Waals surface area contributed by atoms with Gasteiger partial charge < -0.3 is 14.8 Å². The lowest BCUT2D eigenvalue weighted by Gasteiger charge is -2.14. The Morgan fingerprint density at radius 1 is 1.18 bits per heavy atom. The molecule has 33 heavy (non-hydrogen) atoms. The predicted octanol–water partition coefficient (Wildman–Crippen LogP) is 6.85. The summed E-state index contributed by atoms with van der Waals surface area (Å²) in [6.45, 7) is 4.18. The molecule has 0 aliphatic carbocycles. The highest BCUT2D eigenvalue weighted by molar-refractivity contribution is 9.10. The van der Waals surface area contributed by atoms with Crippen molar-refractivity contribution in [2.24, 2.45) is 0 Å². The average Bonchev–Trinajstić information content (AvgIpc) is 2.79. The molecule has 3 aromatic carbocycles. The van der Waals surface area contributed by atoms with Gasteiger partial charge in [0.2, 0.25) is 0 Å². The molecule has 0 aliphatic rings. The number of nitrogens with one attached hydrogen (secondary N) is 1. The summed E-state index contributed by atoms with van der Waals surface area (Å²) in [5.41, 5.74) is 4.17. The maximum absolute atomic E-state index is 12.7. The van der Waals surface area contributed by atoms with Crippen LogP contribution >= 0.6 is 27.5 Å². The number of hydrogen-bond donors (Lipinski definition) is 1. The standard InChI is InChI=1S/C26H22BrClN2O3/c1-16-6-4-9-23(17(16)2)30-26(31)20(14-29)10-19-12-22(27)25(24(13-19)32-3)33-15-18-7-5-8-21(28)11-18/h4-13H,15H2,1-3H3,(H,30,31)/b20-10+. The average molecular weight is 526 g/mol. The topological polar surface area (TPSA) is 71.3 Å². The van der Waals surface area contributed by atoms with Gasteiger partial charge in [-0.05, 0) is 88.4 Å². The Kier molecular flexibility index (Phi) is 8.16. The molecule has 0 bridgehead atoms. The largest absolute Gasteiger partial charge is 0.493 e. The number of ether oxygens (including phenoxy) is 2. The van der Waals surface area contributed by atoms with Gasteiger partial charge in [0.25, 0.3) is 5.91 Å². The summed E-state index contributed by atoms with van der Waals surface area (Å²) in [7, 11) is 1.53. The van der Waals surface area contributed by atoms with Crippen LogP contribution < -0.4 is 14.8 Å². The van der Waals surface area contributed by atoms with Crippen molar-refractivity contribution in [2.75, 3.05) is 12.4 Å². The molecule has 0 radical (unpaired) electrons. The number of benzene rings is 3. The molecule has 0 saturated heterocycles. The van der Waals surface area contributed by atoms with Crippen molar-refractivity contribution in [3.63, 3.8) is 0 Å². The van der Waals surface area contributed by atoms with Gasteiger partial charge in [-0.25, -0.2) is 0 Å². The number of anilines is 1. The quantitative estimate of drug-likeness (QED) is 0.270. The number of hydrogen-bond acceptors (Lipinski definition) is 4. The number of carbonyl (C=O) groups excluding carboxylic acids is 1. The summed E-state index contributed by atoms with van der Waals surface area (Å²) >= 11 is 9.54. The number of rotatable bonds is 7. The summed E-state index contributed by atoms with van der Waals surface area (Å²) in [4.78, 5) is 12.7. The van der Waals surface area contributed by atoms with Crippen LogP contribution in [0.2, 0.25) is 5.02 Å². The molecule has 0 fully saturated rings. The molecule has 0 saturated carbocycles. The van der Waals surface area contributed by atoms with Gasteiger partial charge in [-0.1, -0.05) is 35.9 Å². The highest BCUT2D eigenvalue weighted by Crippen LogP contribution is 2.38. The van der Waals surface area contributed by atoms with Gasteiger partial charge in [-0.15, -0.1) is 0 Å². The smallest absolute Gasteiger partial charge is 0.266 e. The number of aryl methyl sites for hydroxylation is 1. The predicted molar refractivity (Wildman–Crippen MR) is 135 cm³/mol. The monoisotopic (exact) mass is 524 g/mol. The highest BCUT2D eigenvalue weighted by atomic mass is 79.9. The van der Waals surface area contributed by atoms with Gasteiger partial charge in [-0.2, -0.15) is 5.26 Å². The minimum Gasteiger partial charge on any atom is -0.493 e. The SMILES string of the molecule is COc1cc(/C=C(\C#N)C(=O)Nc2cccc(C)c2C)cc(Br)c1OCc1cccc(Cl)c1. The third-order valence-corrected chi connectivity index (χ3v) is 5.88. The maximum Gasteiger partial charge on any atom is 0.266 e. The van der Waals surface area contributed by atoms with Crippen molar-refractivity contribution in [3.05, 3.63) is 91.9 Å². The number of nitriles is 1. The molecule has 0 spiro atoms. The van der Waals surface area contributed by atoms with Crippen LogP contribution in [0.1, 0.15) is 22.3 Å². The van der Waals surface area contributed by atoms with Crippen molar-refractivity contribution in [1.29, 1.82) is 5.26 Å². The Bertz CT molecular complexity index is 1260. The molecule has 0 atom stereocenters. The van der Waals surface area contributed by atoms with E-state index in [1.54, 1.807) is 24.3 Å². The fourth-order valence-electron chi connectivity index (χ4n) is 3.14. The normalized spacial score (nSPS) is 11.0. The Hall–Kier alpha value is -3.27. The summed E-state index contributed by atoms with van der Waals surface area (Å²) in [5.74, 6) is 0.487. The van der Waals surface area contributed by atoms with E-state index in [1.165, 1.54) is 13.2 Å². The number of amides is 1. The van der Waals surface area contributed by atoms with E-state index in [1.807, 2.05) is 50.2 Å². The first-order chi connectivity index (χ1) is 15.8. The first-order valence-electron chi connectivity index (χ1n) is 10.1. The highest BCUT2D eigenvalue weighted by Gasteiger charge is 2.15. The van der Waals surface area contributed by atoms with Gasteiger partial charge in [0, 0.05) is 10.7 Å². The number of nitrogens with zero attached hydrogens (tertiary/aromatic N) is 1. The molecule has 0 unspecified atom stereocenters. The van der Waals surface area contributed by atoms with Crippen LogP contribution in [0.3, 0.4) is 0 Å². The summed E-state index contributed by atoms with van der Waals surface area (Å²) in [6.07, 6.45) is 1.51. The summed E-state index contributed by atoms with van der Waals surface area (Å²) < 4.78 is 12.1. The molecule has 7 heteroatoms. The van der Waals surface area contributed by atoms with Crippen LogP contribution in [0.25, 0.3) is 6.08 Å². The lowest BCUT2D eigenvalue weighted by molar-refractivity contribution is -0.112. The van der Waals surface area contributed by atoms with E-state index in [-0.39, 0.29) is 5.57 Å². The van der Waals surface area contributed by atoms with E-state index in [0.717, 1.165) is 16.7 Å². The van der Waals surface area contributed by atoms with E-state index in [9.17, 15) is 10.1 Å². The molecular formula is C26H22BrClN2O3. The Morgan fingerprint density at radius 2 is 1.94 bits per heavy atom. The number of carbonyl (C=O) groups is 1. The van der Waals surface area contributed by atoms with E-state index < -0.39 is 5.91 Å². The van der Waals surface area contributed by atoms with E-state index >= 15 is 0 Å². The second kappa shape index (κ2) is 11.0. The first kappa shape index (κ1) is 24.4. The molecule has 1 N–H and O–H groups in total. The van der Waals surface area contributed by atoms with Crippen LogP contribution in [0.5, 0.6) is 11.5 Å². The zero-order chi connectivity index (χ0) is 24.0. The van der Waals surface area contributed by atoms with Crippen molar-refractivity contribution in [2.45, 2.75) is 20.5 Å². The third kappa shape index (κ3) is 6.16. The second-order valence-electron chi connectivity index (χ2n) is 7.32. The molecule has 0 heterocycles. The molecule has 1 amide bonds. The zero-order valence-electron chi connectivity index (χ0n) is 18.4. The Morgan fingerprint density at radius 3 is 2.64 bits per heavy atom. The van der Waals surface area contributed by atoms with Crippen molar-refractivity contribution in [3.8, 4) is 17.6 Å². The molecule has 5 nitrogen and oxygen atoms in total. The Balaban J connectivity index is 1.84. The van der Waals surface area contributed by atoms with Crippen LogP contribution in [0.4, 0.5) is 5.69 Å². The van der Waals surface area contributed by atoms with E-state index in [2.05, 4.69) is 21.2 Å². The fourth-order valence-corrected chi connectivity index (χ4v) is 3.92. The van der Waals surface area contributed by atoms with Gasteiger partial charge in [0.1, 0.15) is 18.2 Å². The van der Waals surface area contributed by atoms with Gasteiger partial charge in [0.15, 0.2) is 11.5 Å². The maximum atomic E-state index is 12.7. The third-order valence-electron chi connectivity index (χ3n) is 5.05. The van der Waals surface area contributed by atoms with Crippen molar-refractivity contribution < 1.29 is 14.3 Å². The van der Waals surface area contributed by atoms with Gasteiger partial charge in [-0.3, -0.25) is 4.79 Å². The van der Waals surface area contributed by atoms with Crippen molar-refractivity contribution >= 4 is 45.2 Å². The van der Waals surface area contributed by atoms with E-state index in [0.29, 0.717) is 38.9 Å². The van der Waals surface area contributed by atoms with Crippen LogP contribution in [0, 0.1) is 25.2 Å². The van der Waals surface area contributed by atoms with Crippen LogP contribution in [-0.4, -0.2) is 13.0 Å². The molecule has 168 valence electrons. The minimum atomic E-state index is -0.484. The molecule has 3 rings (SSSR count). The number of methoxy groups -OCH3 is 1. The number of halogens is 2. The van der Waals surface area contributed by atoms with Gasteiger partial charge >= 0.3 is 0 Å². The summed E-state index contributed by atoms with van der Waals surface area (Å²) in [5, 5.41) is 13.0. The minimum absolute atomic E-state index is 0.0301. The van der Waals surface area contributed by atoms with Gasteiger partial charge in [0.05, 0.1) is 11.6 Å². The first-order valence-corrected chi connectivity index (χ1v) is 11.2. The zero-order valence-corrected chi connectivity index (χ0v) is 20.8. The van der Waals surface area contributed by atoms with E-state index in [4.69, 9.17) is 21.1 Å². The molecule has 0 aromatic heterocycles. The fraction of sp³-hybridized carbons (Fsp3) is 0.154. The second-order valence-corrected chi connectivity index (χ2v) is 8.61. The van der Waals surface area contributed by atoms with Crippen molar-refractivity contribution in [1.82, 2.24) is 0 Å². The van der Waals surface area contributed by atoms with Crippen LogP contribution in [0.15, 0.2) is 64.6 Å². The lowest BCUT2D eigenvalue weighted by atomic mass is 10.1. The molecule has 3 aromatic rings. The lowest BCUT2D eigenvalue weighted by Crippen LogP contribution is -2.14. The molecular weight excluding hydrogens is 504 g/mol. The van der Waals surface area contributed by atoms with Crippen LogP contribution in [-0.2, 0) is 11.4 Å². The summed E-state index contributed by atoms with van der Waals surface area (Å²) in [6, 6.07) is 18.5.